The van der Waals surface area contributed by atoms with Crippen LogP contribution in [-0.2, 0) is 9.59 Å². The minimum absolute atomic E-state index is 0.0420. The van der Waals surface area contributed by atoms with E-state index in [1.807, 2.05) is 26.0 Å². The van der Waals surface area contributed by atoms with Crippen LogP contribution in [0.3, 0.4) is 0 Å². The molecule has 0 spiro atoms. The molecule has 0 saturated heterocycles. The van der Waals surface area contributed by atoms with Crippen LogP contribution in [-0.4, -0.2) is 17.4 Å². The Labute approximate surface area is 167 Å². The summed E-state index contributed by atoms with van der Waals surface area (Å²) in [4.78, 5) is 24.2. The summed E-state index contributed by atoms with van der Waals surface area (Å²) in [6, 6.07) is 9.42. The van der Waals surface area contributed by atoms with Crippen molar-refractivity contribution in [1.29, 1.82) is 5.26 Å². The molecule has 3 N–H and O–H groups in total. The fraction of sp³-hybridized carbons (Fsp3) is 0.350. The molecule has 1 aliphatic heterocycles. The number of hydrogen-bond acceptors (Lipinski definition) is 5. The third kappa shape index (κ3) is 4.05. The van der Waals surface area contributed by atoms with E-state index in [1.165, 1.54) is 11.8 Å². The van der Waals surface area contributed by atoms with Crippen LogP contribution < -0.4 is 11.1 Å². The highest BCUT2D eigenvalue weighted by Gasteiger charge is 2.41. The van der Waals surface area contributed by atoms with Crippen molar-refractivity contribution in [2.24, 2.45) is 11.1 Å². The number of hydrogen-bond donors (Lipinski definition) is 2. The van der Waals surface area contributed by atoms with Gasteiger partial charge in [0.15, 0.2) is 5.78 Å². The van der Waals surface area contributed by atoms with E-state index >= 15 is 0 Å². The van der Waals surface area contributed by atoms with Crippen molar-refractivity contribution in [3.8, 4) is 6.07 Å². The van der Waals surface area contributed by atoms with Gasteiger partial charge in [-0.3, -0.25) is 9.59 Å². The number of nitrogens with zero attached hydrogens (tertiary/aromatic N) is 1. The van der Waals surface area contributed by atoms with Crippen LogP contribution in [0.4, 0.5) is 0 Å². The van der Waals surface area contributed by atoms with Crippen LogP contribution >= 0.6 is 23.4 Å². The average molecular weight is 402 g/mol. The van der Waals surface area contributed by atoms with Crippen molar-refractivity contribution in [2.75, 3.05) is 5.75 Å². The minimum atomic E-state index is -0.470. The molecule has 5 nitrogen and oxygen atoms in total. The van der Waals surface area contributed by atoms with Crippen LogP contribution in [0.1, 0.15) is 38.2 Å². The van der Waals surface area contributed by atoms with Crippen LogP contribution in [0, 0.1) is 16.7 Å². The molecule has 27 heavy (non-hydrogen) atoms. The van der Waals surface area contributed by atoms with Crippen molar-refractivity contribution < 1.29 is 9.59 Å². The Morgan fingerprint density at radius 2 is 2.04 bits per heavy atom. The maximum atomic E-state index is 13.0. The number of halogens is 1. The maximum Gasteiger partial charge on any atom is 0.227 e. The first kappa shape index (κ1) is 19.5. The molecule has 1 aromatic carbocycles. The van der Waals surface area contributed by atoms with Gasteiger partial charge in [0.05, 0.1) is 28.3 Å². The van der Waals surface area contributed by atoms with Gasteiger partial charge in [0.25, 0.3) is 0 Å². The second-order valence-corrected chi connectivity index (χ2v) is 8.97. The lowest BCUT2D eigenvalue weighted by atomic mass is 9.69. The molecule has 0 fully saturated rings. The summed E-state index contributed by atoms with van der Waals surface area (Å²) in [6.45, 7) is 4.10. The number of nitrogens with two attached hydrogens (primary N) is 1. The molecule has 140 valence electrons. The number of nitrogens with one attached hydrogen (secondary N) is 1. The lowest BCUT2D eigenvalue weighted by molar-refractivity contribution is -0.118. The molecule has 3 rings (SSSR count). The second kappa shape index (κ2) is 7.41. The molecule has 0 aromatic heterocycles. The monoisotopic (exact) mass is 401 g/mol. The predicted octanol–water partition coefficient (Wildman–Crippen LogP) is 3.62. The third-order valence-corrected chi connectivity index (χ3v) is 5.98. The van der Waals surface area contributed by atoms with Gasteiger partial charge in [-0.2, -0.15) is 5.26 Å². The van der Waals surface area contributed by atoms with Gasteiger partial charge in [0.2, 0.25) is 5.91 Å². The van der Waals surface area contributed by atoms with Gasteiger partial charge in [0.1, 0.15) is 0 Å². The largest absolute Gasteiger partial charge is 0.369 e. The standard InChI is InChI=1S/C20H20ClN3O2S/c1-20(2)7-14-18(15(25)8-20)17(11-3-5-12(21)6-4-11)13(9-22)19(24-14)27-10-16(23)26/h3-6,17,24H,7-8,10H2,1-2H3,(H2,23,26)/t17-/m1/s1. The summed E-state index contributed by atoms with van der Waals surface area (Å²) in [6.07, 6.45) is 1.12. The molecular formula is C20H20ClN3O2S. The summed E-state index contributed by atoms with van der Waals surface area (Å²) in [5.74, 6) is -0.835. The SMILES string of the molecule is CC1(C)CC(=O)C2=C(C1)NC(SCC(N)=O)=C(C#N)[C@H]2c1ccc(Cl)cc1. The predicted molar refractivity (Wildman–Crippen MR) is 107 cm³/mol. The van der Waals surface area contributed by atoms with E-state index in [1.54, 1.807) is 12.1 Å². The molecule has 0 saturated carbocycles. The highest BCUT2D eigenvalue weighted by atomic mass is 35.5. The number of allylic oxidation sites excluding steroid dienone is 3. The van der Waals surface area contributed by atoms with Gasteiger partial charge in [-0.25, -0.2) is 0 Å². The number of thioether (sulfide) groups is 1. The molecule has 0 radical (unpaired) electrons. The average Bonchev–Trinajstić information content (AvgIpc) is 2.58. The number of rotatable bonds is 4. The van der Waals surface area contributed by atoms with Gasteiger partial charge in [-0.05, 0) is 29.5 Å². The molecule has 1 aromatic rings. The summed E-state index contributed by atoms with van der Waals surface area (Å²) in [5.41, 5.74) is 7.82. The summed E-state index contributed by atoms with van der Waals surface area (Å²) >= 11 is 7.21. The fourth-order valence-electron chi connectivity index (χ4n) is 3.62. The number of carbonyl (C=O) groups excluding carboxylic acids is 2. The van der Waals surface area contributed by atoms with E-state index in [9.17, 15) is 14.9 Å². The van der Waals surface area contributed by atoms with Gasteiger partial charge in [-0.1, -0.05) is 49.3 Å². The summed E-state index contributed by atoms with van der Waals surface area (Å²) < 4.78 is 0. The van der Waals surface area contributed by atoms with E-state index < -0.39 is 11.8 Å². The number of carbonyl (C=O) groups is 2. The molecule has 1 heterocycles. The lowest BCUT2D eigenvalue weighted by Crippen LogP contribution is -2.37. The Morgan fingerprint density at radius 3 is 2.63 bits per heavy atom. The van der Waals surface area contributed by atoms with Crippen molar-refractivity contribution in [3.63, 3.8) is 0 Å². The first-order chi connectivity index (χ1) is 12.7. The topological polar surface area (TPSA) is 96.0 Å². The molecule has 2 aliphatic rings. The third-order valence-electron chi connectivity index (χ3n) is 4.69. The molecule has 7 heteroatoms. The van der Waals surface area contributed by atoms with Crippen molar-refractivity contribution >= 4 is 35.1 Å². The molecule has 1 amide bonds. The normalized spacial score (nSPS) is 21.4. The van der Waals surface area contributed by atoms with E-state index in [4.69, 9.17) is 17.3 Å². The highest BCUT2D eigenvalue weighted by molar-refractivity contribution is 8.03. The Balaban J connectivity index is 2.14. The van der Waals surface area contributed by atoms with Crippen LogP contribution in [0.2, 0.25) is 5.02 Å². The lowest BCUT2D eigenvalue weighted by Gasteiger charge is -2.39. The molecule has 1 atom stereocenters. The van der Waals surface area contributed by atoms with Gasteiger partial charge in [0, 0.05) is 22.7 Å². The Bertz CT molecular complexity index is 910. The molecule has 1 aliphatic carbocycles. The summed E-state index contributed by atoms with van der Waals surface area (Å²) in [7, 11) is 0. The Morgan fingerprint density at radius 1 is 1.37 bits per heavy atom. The Kier molecular flexibility index (Phi) is 5.36. The second-order valence-electron chi connectivity index (χ2n) is 7.55. The number of Topliss-reactive ketones (excluding diaryl/α,β-unsaturated/α-hetero) is 1. The van der Waals surface area contributed by atoms with E-state index in [0.717, 1.165) is 11.3 Å². The number of dihydropyridines is 1. The zero-order valence-electron chi connectivity index (χ0n) is 15.1. The number of nitriles is 1. The molecular weight excluding hydrogens is 382 g/mol. The van der Waals surface area contributed by atoms with Gasteiger partial charge < -0.3 is 11.1 Å². The zero-order valence-corrected chi connectivity index (χ0v) is 16.7. The van der Waals surface area contributed by atoms with Gasteiger partial charge >= 0.3 is 0 Å². The first-order valence-corrected chi connectivity index (χ1v) is 9.92. The summed E-state index contributed by atoms with van der Waals surface area (Å²) in [5, 5.41) is 14.3. The van der Waals surface area contributed by atoms with Crippen molar-refractivity contribution in [3.05, 3.63) is 56.7 Å². The van der Waals surface area contributed by atoms with Gasteiger partial charge in [-0.15, -0.1) is 0 Å². The minimum Gasteiger partial charge on any atom is -0.369 e. The Hall–Kier alpha value is -2.23. The number of primary amides is 1. The van der Waals surface area contributed by atoms with Crippen molar-refractivity contribution in [2.45, 2.75) is 32.6 Å². The fourth-order valence-corrected chi connectivity index (χ4v) is 4.55. The van der Waals surface area contributed by atoms with Crippen molar-refractivity contribution in [1.82, 2.24) is 5.32 Å². The number of benzene rings is 1. The van der Waals surface area contributed by atoms with E-state index in [0.29, 0.717) is 34.0 Å². The quantitative estimate of drug-likeness (QED) is 0.803. The number of ketones is 1. The van der Waals surface area contributed by atoms with E-state index in [-0.39, 0.29) is 17.0 Å². The maximum absolute atomic E-state index is 13.0. The smallest absolute Gasteiger partial charge is 0.227 e. The zero-order chi connectivity index (χ0) is 19.8. The van der Waals surface area contributed by atoms with Crippen LogP contribution in [0.25, 0.3) is 0 Å². The number of amides is 1. The van der Waals surface area contributed by atoms with Crippen LogP contribution in [0.5, 0.6) is 0 Å². The first-order valence-electron chi connectivity index (χ1n) is 8.56. The molecule has 0 bridgehead atoms. The van der Waals surface area contributed by atoms with Crippen LogP contribution in [0.15, 0.2) is 46.1 Å². The van der Waals surface area contributed by atoms with E-state index in [2.05, 4.69) is 11.4 Å². The molecule has 0 unspecified atom stereocenters. The highest BCUT2D eigenvalue weighted by Crippen LogP contribution is 2.47.